The first-order valence-electron chi connectivity index (χ1n) is 8.26. The molecule has 0 amide bonds. The van der Waals surface area contributed by atoms with Crippen molar-refractivity contribution in [3.8, 4) is 0 Å². The van der Waals surface area contributed by atoms with Crippen molar-refractivity contribution in [1.29, 1.82) is 0 Å². The molecule has 106 valence electrons. The van der Waals surface area contributed by atoms with Gasteiger partial charge in [0.05, 0.1) is 0 Å². The van der Waals surface area contributed by atoms with Crippen molar-refractivity contribution in [3.05, 3.63) is 53.6 Å². The highest BCUT2D eigenvalue weighted by Gasteiger charge is 2.50. The zero-order valence-electron chi connectivity index (χ0n) is 12.3. The molecule has 3 unspecified atom stereocenters. The third-order valence-corrected chi connectivity index (χ3v) is 6.20. The Bertz CT molecular complexity index is 773. The lowest BCUT2D eigenvalue weighted by molar-refractivity contribution is 0.304. The molecule has 2 bridgehead atoms. The van der Waals surface area contributed by atoms with E-state index in [0.29, 0.717) is 5.41 Å². The molecule has 2 aromatic rings. The van der Waals surface area contributed by atoms with Gasteiger partial charge in [-0.15, -0.1) is 0 Å². The Morgan fingerprint density at radius 1 is 1.05 bits per heavy atom. The van der Waals surface area contributed by atoms with Crippen LogP contribution >= 0.6 is 0 Å². The number of hydrogen-bond donors (Lipinski definition) is 1. The van der Waals surface area contributed by atoms with E-state index in [0.717, 1.165) is 17.5 Å². The summed E-state index contributed by atoms with van der Waals surface area (Å²) in [6.45, 7) is 0. The standard InChI is InChI=1S/C20H21N/c21-18-6-4-14-11-19-15(9-16(14)10-18)2-1-7-20(19)12-13-3-5-17(20)8-13/h3-6,9-11,13,17H,1-2,7-8,12,21H2. The number of rotatable bonds is 0. The van der Waals surface area contributed by atoms with E-state index in [4.69, 9.17) is 5.73 Å². The molecule has 5 rings (SSSR count). The van der Waals surface area contributed by atoms with Gasteiger partial charge in [-0.1, -0.05) is 30.4 Å². The first-order chi connectivity index (χ1) is 10.2. The highest BCUT2D eigenvalue weighted by molar-refractivity contribution is 5.87. The predicted molar refractivity (Wildman–Crippen MR) is 88.3 cm³/mol. The Labute approximate surface area is 125 Å². The zero-order valence-corrected chi connectivity index (χ0v) is 12.3. The van der Waals surface area contributed by atoms with Crippen molar-refractivity contribution in [2.75, 3.05) is 5.73 Å². The van der Waals surface area contributed by atoms with Crippen molar-refractivity contribution in [3.63, 3.8) is 0 Å². The Kier molecular flexibility index (Phi) is 2.21. The summed E-state index contributed by atoms with van der Waals surface area (Å²) in [6.07, 6.45) is 11.7. The van der Waals surface area contributed by atoms with Crippen LogP contribution in [0.4, 0.5) is 5.69 Å². The molecule has 1 heteroatoms. The SMILES string of the molecule is Nc1ccc2cc3c(cc2c1)CCCC31CC2C=CC1C2. The minimum Gasteiger partial charge on any atom is -0.399 e. The third kappa shape index (κ3) is 1.52. The van der Waals surface area contributed by atoms with Crippen LogP contribution in [0.3, 0.4) is 0 Å². The van der Waals surface area contributed by atoms with E-state index < -0.39 is 0 Å². The van der Waals surface area contributed by atoms with Gasteiger partial charge in [-0.05, 0) is 78.0 Å². The Balaban J connectivity index is 1.75. The maximum atomic E-state index is 5.96. The van der Waals surface area contributed by atoms with E-state index >= 15 is 0 Å². The van der Waals surface area contributed by atoms with Gasteiger partial charge in [0.1, 0.15) is 0 Å². The first kappa shape index (κ1) is 11.9. The van der Waals surface area contributed by atoms with Crippen LogP contribution < -0.4 is 5.73 Å². The Morgan fingerprint density at radius 2 is 2.00 bits per heavy atom. The topological polar surface area (TPSA) is 26.0 Å². The number of nitrogens with two attached hydrogens (primary N) is 1. The summed E-state index contributed by atoms with van der Waals surface area (Å²) >= 11 is 0. The first-order valence-corrected chi connectivity index (χ1v) is 8.26. The fourth-order valence-corrected chi connectivity index (χ4v) is 5.31. The lowest BCUT2D eigenvalue weighted by Crippen LogP contribution is -2.34. The van der Waals surface area contributed by atoms with Crippen LogP contribution in [-0.2, 0) is 11.8 Å². The second kappa shape index (κ2) is 3.91. The molecule has 1 saturated carbocycles. The van der Waals surface area contributed by atoms with Crippen LogP contribution in [0, 0.1) is 11.8 Å². The summed E-state index contributed by atoms with van der Waals surface area (Å²) in [5.74, 6) is 1.62. The van der Waals surface area contributed by atoms with Gasteiger partial charge < -0.3 is 5.73 Å². The van der Waals surface area contributed by atoms with Gasteiger partial charge in [-0.3, -0.25) is 0 Å². The molecular weight excluding hydrogens is 254 g/mol. The van der Waals surface area contributed by atoms with Gasteiger partial charge in [0.15, 0.2) is 0 Å². The average Bonchev–Trinajstić information content (AvgIpc) is 3.07. The fourth-order valence-electron chi connectivity index (χ4n) is 5.31. The Morgan fingerprint density at radius 3 is 2.81 bits per heavy atom. The number of hydrogen-bond acceptors (Lipinski definition) is 1. The van der Waals surface area contributed by atoms with Gasteiger partial charge in [0.25, 0.3) is 0 Å². The van der Waals surface area contributed by atoms with E-state index in [9.17, 15) is 0 Å². The summed E-state index contributed by atoms with van der Waals surface area (Å²) in [6, 6.07) is 11.2. The average molecular weight is 275 g/mol. The molecule has 2 aromatic carbocycles. The van der Waals surface area contributed by atoms with Gasteiger partial charge in [-0.25, -0.2) is 0 Å². The van der Waals surface area contributed by atoms with Crippen molar-refractivity contribution < 1.29 is 0 Å². The smallest absolute Gasteiger partial charge is 0.0320 e. The molecule has 0 aromatic heterocycles. The highest BCUT2D eigenvalue weighted by Crippen LogP contribution is 2.58. The second-order valence-corrected chi connectivity index (χ2v) is 7.32. The molecule has 1 nitrogen and oxygen atoms in total. The molecule has 3 atom stereocenters. The molecule has 1 fully saturated rings. The molecular formula is C20H21N. The van der Waals surface area contributed by atoms with E-state index in [1.54, 1.807) is 11.1 Å². The van der Waals surface area contributed by atoms with E-state index in [-0.39, 0.29) is 0 Å². The summed E-state index contributed by atoms with van der Waals surface area (Å²) in [5, 5.41) is 2.67. The maximum Gasteiger partial charge on any atom is 0.0320 e. The molecule has 3 aliphatic rings. The quantitative estimate of drug-likeness (QED) is 0.552. The molecule has 0 aliphatic heterocycles. The minimum atomic E-state index is 0.447. The van der Waals surface area contributed by atoms with Crippen molar-refractivity contribution >= 4 is 16.5 Å². The number of allylic oxidation sites excluding steroid dienone is 2. The Hall–Kier alpha value is -1.76. The third-order valence-electron chi connectivity index (χ3n) is 6.20. The molecule has 2 N–H and O–H groups in total. The highest BCUT2D eigenvalue weighted by atomic mass is 14.6. The summed E-state index contributed by atoms with van der Waals surface area (Å²) in [5.41, 5.74) is 10.5. The maximum absolute atomic E-state index is 5.96. The monoisotopic (exact) mass is 275 g/mol. The van der Waals surface area contributed by atoms with Crippen LogP contribution in [0.5, 0.6) is 0 Å². The van der Waals surface area contributed by atoms with Gasteiger partial charge in [0.2, 0.25) is 0 Å². The number of benzene rings is 2. The van der Waals surface area contributed by atoms with Gasteiger partial charge >= 0.3 is 0 Å². The molecule has 1 spiro atoms. The van der Waals surface area contributed by atoms with E-state index in [2.05, 4.69) is 36.4 Å². The molecule has 21 heavy (non-hydrogen) atoms. The van der Waals surface area contributed by atoms with Gasteiger partial charge in [0, 0.05) is 11.1 Å². The molecule has 3 aliphatic carbocycles. The van der Waals surface area contributed by atoms with Crippen molar-refractivity contribution in [2.24, 2.45) is 11.8 Å². The number of fused-ring (bicyclic) bond motifs is 6. The number of nitrogen functional groups attached to an aromatic ring is 1. The molecule has 0 heterocycles. The van der Waals surface area contributed by atoms with E-state index in [1.807, 2.05) is 6.07 Å². The lowest BCUT2D eigenvalue weighted by Gasteiger charge is -2.41. The largest absolute Gasteiger partial charge is 0.399 e. The van der Waals surface area contributed by atoms with Crippen LogP contribution in [0.1, 0.15) is 36.8 Å². The molecule has 0 radical (unpaired) electrons. The van der Waals surface area contributed by atoms with Gasteiger partial charge in [-0.2, -0.15) is 0 Å². The summed E-state index contributed by atoms with van der Waals surface area (Å²) < 4.78 is 0. The number of aryl methyl sites for hydroxylation is 1. The normalized spacial score (nSPS) is 33.0. The predicted octanol–water partition coefficient (Wildman–Crippen LogP) is 4.59. The van der Waals surface area contributed by atoms with E-state index in [1.165, 1.54) is 42.9 Å². The summed E-state index contributed by atoms with van der Waals surface area (Å²) in [7, 11) is 0. The molecule has 0 saturated heterocycles. The fraction of sp³-hybridized carbons (Fsp3) is 0.400. The second-order valence-electron chi connectivity index (χ2n) is 7.32. The lowest BCUT2D eigenvalue weighted by atomic mass is 9.63. The van der Waals surface area contributed by atoms with Crippen LogP contribution in [0.15, 0.2) is 42.5 Å². The van der Waals surface area contributed by atoms with Crippen molar-refractivity contribution in [2.45, 2.75) is 37.5 Å². The summed E-state index contributed by atoms with van der Waals surface area (Å²) in [4.78, 5) is 0. The van der Waals surface area contributed by atoms with Crippen LogP contribution in [-0.4, -0.2) is 0 Å². The zero-order chi connectivity index (χ0) is 14.0. The minimum absolute atomic E-state index is 0.447. The van der Waals surface area contributed by atoms with Crippen LogP contribution in [0.2, 0.25) is 0 Å². The van der Waals surface area contributed by atoms with Crippen molar-refractivity contribution in [1.82, 2.24) is 0 Å². The number of anilines is 1. The van der Waals surface area contributed by atoms with Crippen LogP contribution in [0.25, 0.3) is 10.8 Å².